The fourth-order valence-corrected chi connectivity index (χ4v) is 2.63. The van der Waals surface area contributed by atoms with Gasteiger partial charge in [-0.05, 0) is 25.3 Å². The van der Waals surface area contributed by atoms with Crippen molar-refractivity contribution in [1.29, 1.82) is 5.26 Å². The van der Waals surface area contributed by atoms with Crippen molar-refractivity contribution in [2.45, 2.75) is 24.0 Å². The van der Waals surface area contributed by atoms with Gasteiger partial charge in [0.1, 0.15) is 30.1 Å². The third-order valence-corrected chi connectivity index (χ3v) is 3.75. The van der Waals surface area contributed by atoms with Crippen molar-refractivity contribution in [3.05, 3.63) is 23.8 Å². The highest BCUT2D eigenvalue weighted by Crippen LogP contribution is 2.28. The standard InChI is InChI=1S/C14H18N2O2S/c1-10-7-16-8-11(18-10)9-17-13-4-3-5-14(19-2)12(13)6-15/h3-5,10-11,16H,7-9H2,1-2H3. The molecule has 1 aliphatic rings. The number of nitrogens with zero attached hydrogens (tertiary/aromatic N) is 1. The van der Waals surface area contributed by atoms with Gasteiger partial charge in [0, 0.05) is 18.0 Å². The van der Waals surface area contributed by atoms with Crippen LogP contribution < -0.4 is 10.1 Å². The molecule has 1 aliphatic heterocycles. The van der Waals surface area contributed by atoms with E-state index in [9.17, 15) is 5.26 Å². The summed E-state index contributed by atoms with van der Waals surface area (Å²) in [6, 6.07) is 7.88. The molecule has 4 nitrogen and oxygen atoms in total. The predicted molar refractivity (Wildman–Crippen MR) is 75.6 cm³/mol. The number of morpholine rings is 1. The molecule has 0 radical (unpaired) electrons. The average Bonchev–Trinajstić information content (AvgIpc) is 2.44. The number of benzene rings is 1. The second-order valence-corrected chi connectivity index (χ2v) is 5.33. The normalized spacial score (nSPS) is 22.8. The lowest BCUT2D eigenvalue weighted by Crippen LogP contribution is -2.45. The average molecular weight is 278 g/mol. The lowest BCUT2D eigenvalue weighted by molar-refractivity contribution is -0.0471. The van der Waals surface area contributed by atoms with Crippen LogP contribution in [0.15, 0.2) is 23.1 Å². The van der Waals surface area contributed by atoms with Crippen molar-refractivity contribution in [2.24, 2.45) is 0 Å². The fourth-order valence-electron chi connectivity index (χ4n) is 2.06. The van der Waals surface area contributed by atoms with E-state index in [1.807, 2.05) is 31.4 Å². The Hall–Kier alpha value is -1.22. The molecule has 0 aliphatic carbocycles. The first-order chi connectivity index (χ1) is 9.24. The number of ether oxygens (including phenoxy) is 2. The number of thioether (sulfide) groups is 1. The summed E-state index contributed by atoms with van der Waals surface area (Å²) in [7, 11) is 0. The highest BCUT2D eigenvalue weighted by Gasteiger charge is 2.20. The largest absolute Gasteiger partial charge is 0.489 e. The van der Waals surface area contributed by atoms with Gasteiger partial charge in [0.15, 0.2) is 0 Å². The molecule has 19 heavy (non-hydrogen) atoms. The van der Waals surface area contributed by atoms with E-state index in [-0.39, 0.29) is 12.2 Å². The predicted octanol–water partition coefficient (Wildman–Crippen LogP) is 2.04. The molecule has 1 N–H and O–H groups in total. The molecule has 2 rings (SSSR count). The topological polar surface area (TPSA) is 54.3 Å². The summed E-state index contributed by atoms with van der Waals surface area (Å²) in [5.41, 5.74) is 0.604. The molecule has 1 heterocycles. The highest BCUT2D eigenvalue weighted by atomic mass is 32.2. The molecule has 1 fully saturated rings. The molecule has 1 aromatic carbocycles. The van der Waals surface area contributed by atoms with Gasteiger partial charge in [-0.2, -0.15) is 5.26 Å². The summed E-state index contributed by atoms with van der Waals surface area (Å²) in [5, 5.41) is 12.5. The van der Waals surface area contributed by atoms with Crippen LogP contribution in [0, 0.1) is 11.3 Å². The van der Waals surface area contributed by atoms with Crippen molar-refractivity contribution in [3.8, 4) is 11.8 Å². The monoisotopic (exact) mass is 278 g/mol. The second-order valence-electron chi connectivity index (χ2n) is 4.48. The molecule has 0 saturated carbocycles. The Labute approximate surface area is 118 Å². The van der Waals surface area contributed by atoms with E-state index in [1.54, 1.807) is 11.8 Å². The van der Waals surface area contributed by atoms with E-state index in [0.29, 0.717) is 17.9 Å². The van der Waals surface area contributed by atoms with E-state index in [1.165, 1.54) is 0 Å². The van der Waals surface area contributed by atoms with Gasteiger partial charge in [-0.25, -0.2) is 0 Å². The first kappa shape index (κ1) is 14.2. The van der Waals surface area contributed by atoms with Crippen LogP contribution in [0.5, 0.6) is 5.75 Å². The smallest absolute Gasteiger partial charge is 0.138 e. The fraction of sp³-hybridized carbons (Fsp3) is 0.500. The summed E-state index contributed by atoms with van der Waals surface area (Å²) in [6.07, 6.45) is 2.19. The number of nitriles is 1. The number of nitrogens with one attached hydrogen (secondary N) is 1. The molecule has 0 amide bonds. The van der Waals surface area contributed by atoms with Crippen LogP contribution in [0.1, 0.15) is 12.5 Å². The van der Waals surface area contributed by atoms with Gasteiger partial charge in [0.25, 0.3) is 0 Å². The second kappa shape index (κ2) is 6.80. The Balaban J connectivity index is 2.01. The zero-order chi connectivity index (χ0) is 13.7. The van der Waals surface area contributed by atoms with E-state index in [2.05, 4.69) is 11.4 Å². The lowest BCUT2D eigenvalue weighted by Gasteiger charge is -2.28. The van der Waals surface area contributed by atoms with Crippen molar-refractivity contribution >= 4 is 11.8 Å². The van der Waals surface area contributed by atoms with Crippen molar-refractivity contribution in [3.63, 3.8) is 0 Å². The lowest BCUT2D eigenvalue weighted by atomic mass is 10.2. The number of rotatable bonds is 4. The molecule has 2 atom stereocenters. The zero-order valence-corrected chi connectivity index (χ0v) is 12.0. The maximum atomic E-state index is 9.22. The quantitative estimate of drug-likeness (QED) is 0.854. The SMILES string of the molecule is CSc1cccc(OCC2CNCC(C)O2)c1C#N. The minimum absolute atomic E-state index is 0.0354. The maximum absolute atomic E-state index is 9.22. The van der Waals surface area contributed by atoms with E-state index < -0.39 is 0 Å². The Kier molecular flexibility index (Phi) is 5.08. The first-order valence-corrected chi connectivity index (χ1v) is 7.53. The zero-order valence-electron chi connectivity index (χ0n) is 11.2. The number of hydrogen-bond donors (Lipinski definition) is 1. The molecule has 102 valence electrons. The van der Waals surface area contributed by atoms with Crippen LogP contribution in [-0.4, -0.2) is 38.2 Å². The Morgan fingerprint density at radius 2 is 2.37 bits per heavy atom. The van der Waals surface area contributed by atoms with Crippen LogP contribution >= 0.6 is 11.8 Å². The van der Waals surface area contributed by atoms with Gasteiger partial charge >= 0.3 is 0 Å². The summed E-state index contributed by atoms with van der Waals surface area (Å²) in [6.45, 7) is 4.16. The third kappa shape index (κ3) is 3.63. The molecule has 0 aromatic heterocycles. The van der Waals surface area contributed by atoms with Gasteiger partial charge in [-0.15, -0.1) is 11.8 Å². The highest BCUT2D eigenvalue weighted by molar-refractivity contribution is 7.98. The third-order valence-electron chi connectivity index (χ3n) is 2.97. The van der Waals surface area contributed by atoms with Gasteiger partial charge in [0.2, 0.25) is 0 Å². The van der Waals surface area contributed by atoms with Gasteiger partial charge in [-0.1, -0.05) is 6.07 Å². The van der Waals surface area contributed by atoms with Crippen LogP contribution in [0.2, 0.25) is 0 Å². The molecular formula is C14H18N2O2S. The molecule has 2 unspecified atom stereocenters. The van der Waals surface area contributed by atoms with Crippen LogP contribution in [-0.2, 0) is 4.74 Å². The summed E-state index contributed by atoms with van der Waals surface area (Å²) in [4.78, 5) is 0.941. The molecule has 5 heteroatoms. The minimum Gasteiger partial charge on any atom is -0.489 e. The summed E-state index contributed by atoms with van der Waals surface area (Å²) < 4.78 is 11.5. The van der Waals surface area contributed by atoms with E-state index in [0.717, 1.165) is 18.0 Å². The molecule has 1 saturated heterocycles. The van der Waals surface area contributed by atoms with Crippen molar-refractivity contribution in [1.82, 2.24) is 5.32 Å². The molecule has 1 aromatic rings. The maximum Gasteiger partial charge on any atom is 0.138 e. The van der Waals surface area contributed by atoms with Gasteiger partial charge in [-0.3, -0.25) is 0 Å². The van der Waals surface area contributed by atoms with Crippen LogP contribution in [0.25, 0.3) is 0 Å². The Morgan fingerprint density at radius 1 is 1.53 bits per heavy atom. The molecule has 0 bridgehead atoms. The molecule has 0 spiro atoms. The first-order valence-electron chi connectivity index (χ1n) is 6.30. The van der Waals surface area contributed by atoms with Crippen LogP contribution in [0.4, 0.5) is 0 Å². The summed E-state index contributed by atoms with van der Waals surface area (Å²) in [5.74, 6) is 0.635. The Morgan fingerprint density at radius 3 is 3.05 bits per heavy atom. The van der Waals surface area contributed by atoms with Crippen LogP contribution in [0.3, 0.4) is 0 Å². The minimum atomic E-state index is 0.0354. The Bertz CT molecular complexity index is 473. The van der Waals surface area contributed by atoms with Crippen molar-refractivity contribution in [2.75, 3.05) is 26.0 Å². The van der Waals surface area contributed by atoms with Crippen molar-refractivity contribution < 1.29 is 9.47 Å². The van der Waals surface area contributed by atoms with E-state index in [4.69, 9.17) is 9.47 Å². The number of hydrogen-bond acceptors (Lipinski definition) is 5. The van der Waals surface area contributed by atoms with Gasteiger partial charge < -0.3 is 14.8 Å². The van der Waals surface area contributed by atoms with E-state index >= 15 is 0 Å². The summed E-state index contributed by atoms with van der Waals surface area (Å²) >= 11 is 1.55. The van der Waals surface area contributed by atoms with Gasteiger partial charge in [0.05, 0.1) is 6.10 Å². The molecular weight excluding hydrogens is 260 g/mol.